The fourth-order valence-electron chi connectivity index (χ4n) is 1.78. The standard InChI is InChI=1S/C14H9BrF4O2/c15-12-7-9(16)4-5-11(12)13(20)8-2-1-3-10(6-8)21-14(17,18)19/h1-7,13,20H. The van der Waals surface area contributed by atoms with Crippen molar-refractivity contribution in [3.05, 3.63) is 63.9 Å². The Kier molecular flexibility index (Phi) is 4.53. The molecule has 0 fully saturated rings. The van der Waals surface area contributed by atoms with Crippen molar-refractivity contribution >= 4 is 15.9 Å². The highest BCUT2D eigenvalue weighted by Gasteiger charge is 2.31. The lowest BCUT2D eigenvalue weighted by molar-refractivity contribution is -0.274. The SMILES string of the molecule is OC(c1cccc(OC(F)(F)F)c1)c1ccc(F)cc1Br. The summed E-state index contributed by atoms with van der Waals surface area (Å²) in [7, 11) is 0. The predicted molar refractivity (Wildman–Crippen MR) is 71.3 cm³/mol. The van der Waals surface area contributed by atoms with Gasteiger partial charge in [-0.2, -0.15) is 0 Å². The molecule has 0 saturated heterocycles. The number of rotatable bonds is 3. The monoisotopic (exact) mass is 364 g/mol. The molecule has 0 aliphatic rings. The van der Waals surface area contributed by atoms with Crippen LogP contribution >= 0.6 is 15.9 Å². The first-order valence-corrected chi connectivity index (χ1v) is 6.54. The highest BCUT2D eigenvalue weighted by Crippen LogP contribution is 2.31. The van der Waals surface area contributed by atoms with Gasteiger partial charge in [0.2, 0.25) is 0 Å². The van der Waals surface area contributed by atoms with Gasteiger partial charge < -0.3 is 9.84 Å². The third-order valence-corrected chi connectivity index (χ3v) is 3.35. The molecule has 0 aliphatic heterocycles. The highest BCUT2D eigenvalue weighted by molar-refractivity contribution is 9.10. The lowest BCUT2D eigenvalue weighted by Crippen LogP contribution is -2.17. The predicted octanol–water partition coefficient (Wildman–Crippen LogP) is 4.57. The summed E-state index contributed by atoms with van der Waals surface area (Å²) in [5, 5.41) is 10.2. The Morgan fingerprint density at radius 1 is 1.10 bits per heavy atom. The van der Waals surface area contributed by atoms with Gasteiger partial charge in [0.1, 0.15) is 17.7 Å². The molecule has 0 saturated carbocycles. The number of alkyl halides is 3. The fourth-order valence-corrected chi connectivity index (χ4v) is 2.35. The van der Waals surface area contributed by atoms with Crippen LogP contribution in [0.15, 0.2) is 46.9 Å². The number of hydrogen-bond donors (Lipinski definition) is 1. The van der Waals surface area contributed by atoms with Crippen LogP contribution in [0.2, 0.25) is 0 Å². The van der Waals surface area contributed by atoms with Gasteiger partial charge in [-0.25, -0.2) is 4.39 Å². The van der Waals surface area contributed by atoms with E-state index in [1.54, 1.807) is 0 Å². The number of aliphatic hydroxyl groups is 1. The second kappa shape index (κ2) is 6.03. The smallest absolute Gasteiger partial charge is 0.406 e. The first-order valence-electron chi connectivity index (χ1n) is 5.75. The van der Waals surface area contributed by atoms with Crippen molar-refractivity contribution in [1.29, 1.82) is 0 Å². The molecule has 0 aromatic heterocycles. The third kappa shape index (κ3) is 4.18. The molecule has 2 aromatic rings. The van der Waals surface area contributed by atoms with Crippen LogP contribution in [-0.2, 0) is 0 Å². The van der Waals surface area contributed by atoms with Gasteiger partial charge in [0.15, 0.2) is 0 Å². The Labute approximate surface area is 126 Å². The molecule has 112 valence electrons. The lowest BCUT2D eigenvalue weighted by Gasteiger charge is -2.15. The van der Waals surface area contributed by atoms with Crippen LogP contribution in [0.5, 0.6) is 5.75 Å². The normalized spacial score (nSPS) is 13.0. The second-order valence-corrected chi connectivity index (χ2v) is 5.04. The summed E-state index contributed by atoms with van der Waals surface area (Å²) < 4.78 is 53.6. The molecule has 1 N–H and O–H groups in total. The van der Waals surface area contributed by atoms with Crippen LogP contribution in [0, 0.1) is 5.82 Å². The Hall–Kier alpha value is -1.60. The molecule has 0 bridgehead atoms. The first-order chi connectivity index (χ1) is 9.76. The van der Waals surface area contributed by atoms with E-state index >= 15 is 0 Å². The number of hydrogen-bond acceptors (Lipinski definition) is 2. The molecule has 0 aliphatic carbocycles. The minimum atomic E-state index is -4.81. The van der Waals surface area contributed by atoms with Gasteiger partial charge >= 0.3 is 6.36 Å². The maximum absolute atomic E-state index is 13.0. The van der Waals surface area contributed by atoms with Crippen LogP contribution < -0.4 is 4.74 Å². The Morgan fingerprint density at radius 3 is 2.43 bits per heavy atom. The van der Waals surface area contributed by atoms with E-state index < -0.39 is 24.0 Å². The van der Waals surface area contributed by atoms with Crippen molar-refractivity contribution in [3.63, 3.8) is 0 Å². The molecule has 2 nitrogen and oxygen atoms in total. The van der Waals surface area contributed by atoms with Crippen molar-refractivity contribution in [2.45, 2.75) is 12.5 Å². The number of benzene rings is 2. The van der Waals surface area contributed by atoms with Crippen LogP contribution in [0.25, 0.3) is 0 Å². The quantitative estimate of drug-likeness (QED) is 0.808. The molecule has 0 spiro atoms. The van der Waals surface area contributed by atoms with Crippen molar-refractivity contribution in [3.8, 4) is 5.75 Å². The van der Waals surface area contributed by atoms with Gasteiger partial charge in [0.25, 0.3) is 0 Å². The zero-order chi connectivity index (χ0) is 15.6. The van der Waals surface area contributed by atoms with Gasteiger partial charge in [-0.1, -0.05) is 34.1 Å². The maximum atomic E-state index is 13.0. The molecule has 1 unspecified atom stereocenters. The van der Waals surface area contributed by atoms with Gasteiger partial charge in [-0.3, -0.25) is 0 Å². The Balaban J connectivity index is 2.31. The van der Waals surface area contributed by atoms with Crippen LogP contribution in [0.4, 0.5) is 17.6 Å². The molecule has 0 radical (unpaired) electrons. The van der Waals surface area contributed by atoms with Crippen LogP contribution in [0.1, 0.15) is 17.2 Å². The molecule has 1 atom stereocenters. The molecule has 2 aromatic carbocycles. The van der Waals surface area contributed by atoms with E-state index in [2.05, 4.69) is 20.7 Å². The van der Waals surface area contributed by atoms with Crippen molar-refractivity contribution in [2.75, 3.05) is 0 Å². The molecule has 7 heteroatoms. The summed E-state index contributed by atoms with van der Waals surface area (Å²) in [5.74, 6) is -0.927. The van der Waals surface area contributed by atoms with E-state index in [1.807, 2.05) is 0 Å². The molecular formula is C14H9BrF4O2. The van der Waals surface area contributed by atoms with Crippen molar-refractivity contribution in [1.82, 2.24) is 0 Å². The number of ether oxygens (including phenoxy) is 1. The maximum Gasteiger partial charge on any atom is 0.573 e. The first kappa shape index (κ1) is 15.8. The largest absolute Gasteiger partial charge is 0.573 e. The second-order valence-electron chi connectivity index (χ2n) is 4.19. The molecule has 2 rings (SSSR count). The Morgan fingerprint density at radius 2 is 1.81 bits per heavy atom. The minimum Gasteiger partial charge on any atom is -0.406 e. The summed E-state index contributed by atoms with van der Waals surface area (Å²) in [6.07, 6.45) is -6.02. The van der Waals surface area contributed by atoms with Gasteiger partial charge in [0.05, 0.1) is 0 Å². The summed E-state index contributed by atoms with van der Waals surface area (Å²) in [6, 6.07) is 8.65. The fraction of sp³-hybridized carbons (Fsp3) is 0.143. The minimum absolute atomic E-state index is 0.198. The summed E-state index contributed by atoms with van der Waals surface area (Å²) in [5.41, 5.74) is 0.532. The summed E-state index contributed by atoms with van der Waals surface area (Å²) in [6.45, 7) is 0. The van der Waals surface area contributed by atoms with E-state index in [0.29, 0.717) is 10.0 Å². The van der Waals surface area contributed by atoms with E-state index in [9.17, 15) is 22.7 Å². The van der Waals surface area contributed by atoms with Gasteiger partial charge in [-0.05, 0) is 35.4 Å². The summed E-state index contributed by atoms with van der Waals surface area (Å²) in [4.78, 5) is 0. The average molecular weight is 365 g/mol. The van der Waals surface area contributed by atoms with E-state index in [4.69, 9.17) is 0 Å². The van der Waals surface area contributed by atoms with Gasteiger partial charge in [-0.15, -0.1) is 13.2 Å². The molecule has 0 amide bonds. The summed E-state index contributed by atoms with van der Waals surface area (Å²) >= 11 is 3.10. The molecule has 0 heterocycles. The Bertz CT molecular complexity index is 643. The highest BCUT2D eigenvalue weighted by atomic mass is 79.9. The van der Waals surface area contributed by atoms with E-state index in [1.165, 1.54) is 18.2 Å². The number of aliphatic hydroxyl groups excluding tert-OH is 1. The average Bonchev–Trinajstić information content (AvgIpc) is 2.36. The zero-order valence-electron chi connectivity index (χ0n) is 10.4. The van der Waals surface area contributed by atoms with Crippen LogP contribution in [0.3, 0.4) is 0 Å². The topological polar surface area (TPSA) is 29.5 Å². The number of halogens is 5. The van der Waals surface area contributed by atoms with E-state index in [-0.39, 0.29) is 5.56 Å². The lowest BCUT2D eigenvalue weighted by atomic mass is 10.0. The zero-order valence-corrected chi connectivity index (χ0v) is 12.0. The van der Waals surface area contributed by atoms with Gasteiger partial charge in [0, 0.05) is 4.47 Å². The third-order valence-electron chi connectivity index (χ3n) is 2.66. The van der Waals surface area contributed by atoms with Crippen molar-refractivity contribution in [2.24, 2.45) is 0 Å². The molecule has 21 heavy (non-hydrogen) atoms. The molecular weight excluding hydrogens is 356 g/mol. The van der Waals surface area contributed by atoms with E-state index in [0.717, 1.165) is 24.3 Å². The van der Waals surface area contributed by atoms with Crippen LogP contribution in [-0.4, -0.2) is 11.5 Å². The van der Waals surface area contributed by atoms with Crippen molar-refractivity contribution < 1.29 is 27.4 Å².